The standard InChI is InChI=1S/C9H9FN4O/c1-15-8-3-2-6(4-7(8)10)5-9-11-13-14-12-9/h2-4H,5H2,1H3,(H,11,12,13,14). The number of nitrogens with one attached hydrogen (secondary N) is 1. The topological polar surface area (TPSA) is 63.7 Å². The molecule has 2 aromatic rings. The Labute approximate surface area is 85.3 Å². The minimum Gasteiger partial charge on any atom is -0.494 e. The van der Waals surface area contributed by atoms with Gasteiger partial charge in [0.2, 0.25) is 0 Å². The first-order valence-electron chi connectivity index (χ1n) is 4.34. The molecular formula is C9H9FN4O. The highest BCUT2D eigenvalue weighted by molar-refractivity contribution is 5.30. The molecule has 0 unspecified atom stereocenters. The molecule has 0 aliphatic carbocycles. The third-order valence-corrected chi connectivity index (χ3v) is 1.97. The van der Waals surface area contributed by atoms with Crippen LogP contribution in [0.25, 0.3) is 0 Å². The van der Waals surface area contributed by atoms with E-state index < -0.39 is 5.82 Å². The first-order chi connectivity index (χ1) is 7.29. The van der Waals surface area contributed by atoms with Crippen LogP contribution in [0, 0.1) is 5.82 Å². The van der Waals surface area contributed by atoms with Crippen LogP contribution in [0.2, 0.25) is 0 Å². The zero-order chi connectivity index (χ0) is 10.7. The molecule has 1 N–H and O–H groups in total. The van der Waals surface area contributed by atoms with Gasteiger partial charge in [-0.3, -0.25) is 0 Å². The van der Waals surface area contributed by atoms with E-state index in [1.807, 2.05) is 0 Å². The smallest absolute Gasteiger partial charge is 0.178 e. The molecule has 1 aromatic carbocycles. The van der Waals surface area contributed by atoms with E-state index in [9.17, 15) is 4.39 Å². The van der Waals surface area contributed by atoms with Crippen molar-refractivity contribution in [1.82, 2.24) is 20.6 Å². The highest BCUT2D eigenvalue weighted by Crippen LogP contribution is 2.18. The number of hydrogen-bond donors (Lipinski definition) is 1. The predicted molar refractivity (Wildman–Crippen MR) is 49.9 cm³/mol. The van der Waals surface area contributed by atoms with Gasteiger partial charge in [-0.1, -0.05) is 11.3 Å². The summed E-state index contributed by atoms with van der Waals surface area (Å²) in [7, 11) is 1.43. The number of rotatable bonds is 3. The minimum absolute atomic E-state index is 0.229. The second-order valence-electron chi connectivity index (χ2n) is 2.97. The van der Waals surface area contributed by atoms with E-state index in [1.54, 1.807) is 12.1 Å². The van der Waals surface area contributed by atoms with Crippen molar-refractivity contribution >= 4 is 0 Å². The van der Waals surface area contributed by atoms with Crippen molar-refractivity contribution in [3.63, 3.8) is 0 Å². The summed E-state index contributed by atoms with van der Waals surface area (Å²) >= 11 is 0. The van der Waals surface area contributed by atoms with Gasteiger partial charge in [0, 0.05) is 6.42 Å². The second kappa shape index (κ2) is 4.04. The molecule has 5 nitrogen and oxygen atoms in total. The van der Waals surface area contributed by atoms with E-state index in [2.05, 4.69) is 20.6 Å². The predicted octanol–water partition coefficient (Wildman–Crippen LogP) is 0.938. The highest BCUT2D eigenvalue weighted by Gasteiger charge is 2.05. The van der Waals surface area contributed by atoms with Crippen LogP contribution >= 0.6 is 0 Å². The number of ether oxygens (including phenoxy) is 1. The van der Waals surface area contributed by atoms with Crippen molar-refractivity contribution < 1.29 is 9.13 Å². The summed E-state index contributed by atoms with van der Waals surface area (Å²) in [5, 5.41) is 13.3. The van der Waals surface area contributed by atoms with E-state index in [4.69, 9.17) is 4.74 Å². The molecule has 6 heteroatoms. The quantitative estimate of drug-likeness (QED) is 0.815. The van der Waals surface area contributed by atoms with Gasteiger partial charge in [0.25, 0.3) is 0 Å². The SMILES string of the molecule is COc1ccc(Cc2nn[nH]n2)cc1F. The maximum Gasteiger partial charge on any atom is 0.178 e. The molecule has 15 heavy (non-hydrogen) atoms. The average molecular weight is 208 g/mol. The highest BCUT2D eigenvalue weighted by atomic mass is 19.1. The fourth-order valence-electron chi connectivity index (χ4n) is 1.26. The van der Waals surface area contributed by atoms with Gasteiger partial charge >= 0.3 is 0 Å². The van der Waals surface area contributed by atoms with Crippen molar-refractivity contribution in [2.45, 2.75) is 6.42 Å². The Morgan fingerprint density at radius 2 is 2.33 bits per heavy atom. The molecule has 0 saturated heterocycles. The molecule has 0 amide bonds. The van der Waals surface area contributed by atoms with E-state index >= 15 is 0 Å². The Balaban J connectivity index is 2.20. The fourth-order valence-corrected chi connectivity index (χ4v) is 1.26. The lowest BCUT2D eigenvalue weighted by atomic mass is 10.1. The van der Waals surface area contributed by atoms with Gasteiger partial charge in [-0.2, -0.15) is 5.21 Å². The molecule has 0 atom stereocenters. The van der Waals surface area contributed by atoms with Gasteiger partial charge in [0.05, 0.1) is 7.11 Å². The average Bonchev–Trinajstić information content (AvgIpc) is 2.71. The molecule has 0 saturated carbocycles. The molecule has 0 aliphatic rings. The van der Waals surface area contributed by atoms with E-state index in [-0.39, 0.29) is 5.75 Å². The summed E-state index contributed by atoms with van der Waals surface area (Å²) in [6, 6.07) is 4.73. The summed E-state index contributed by atoms with van der Waals surface area (Å²) < 4.78 is 18.1. The van der Waals surface area contributed by atoms with Gasteiger partial charge in [0.1, 0.15) is 0 Å². The van der Waals surface area contributed by atoms with Gasteiger partial charge in [-0.05, 0) is 17.7 Å². The normalized spacial score (nSPS) is 10.3. The molecule has 0 radical (unpaired) electrons. The van der Waals surface area contributed by atoms with Crippen LogP contribution in [0.15, 0.2) is 18.2 Å². The number of aromatic amines is 1. The molecule has 0 aliphatic heterocycles. The summed E-state index contributed by atoms with van der Waals surface area (Å²) in [5.74, 6) is 0.366. The minimum atomic E-state index is -0.390. The Kier molecular flexibility index (Phi) is 2.57. The Morgan fingerprint density at radius 1 is 1.47 bits per heavy atom. The largest absolute Gasteiger partial charge is 0.494 e. The van der Waals surface area contributed by atoms with Gasteiger partial charge in [-0.25, -0.2) is 4.39 Å². The van der Waals surface area contributed by atoms with Crippen LogP contribution in [-0.4, -0.2) is 27.7 Å². The van der Waals surface area contributed by atoms with Crippen LogP contribution < -0.4 is 4.74 Å². The van der Waals surface area contributed by atoms with Crippen LogP contribution in [0.4, 0.5) is 4.39 Å². The maximum atomic E-state index is 13.3. The Bertz CT molecular complexity index is 443. The number of nitrogens with zero attached hydrogens (tertiary/aromatic N) is 3. The number of halogens is 1. The number of methoxy groups -OCH3 is 1. The third-order valence-electron chi connectivity index (χ3n) is 1.97. The molecule has 1 aromatic heterocycles. The van der Waals surface area contributed by atoms with Crippen LogP contribution in [-0.2, 0) is 6.42 Å². The van der Waals surface area contributed by atoms with Gasteiger partial charge in [-0.15, -0.1) is 10.2 Å². The van der Waals surface area contributed by atoms with E-state index in [0.29, 0.717) is 12.2 Å². The second-order valence-corrected chi connectivity index (χ2v) is 2.97. The lowest BCUT2D eigenvalue weighted by Crippen LogP contribution is -1.94. The molecule has 0 spiro atoms. The maximum absolute atomic E-state index is 13.3. The Hall–Kier alpha value is -1.98. The number of hydrogen-bond acceptors (Lipinski definition) is 4. The molecular weight excluding hydrogens is 199 g/mol. The molecule has 2 rings (SSSR count). The van der Waals surface area contributed by atoms with Crippen molar-refractivity contribution in [3.05, 3.63) is 35.4 Å². The summed E-state index contributed by atoms with van der Waals surface area (Å²) in [6.07, 6.45) is 0.442. The first-order valence-corrected chi connectivity index (χ1v) is 4.34. The molecule has 78 valence electrons. The van der Waals surface area contributed by atoms with Crippen LogP contribution in [0.1, 0.15) is 11.4 Å². The van der Waals surface area contributed by atoms with Crippen LogP contribution in [0.3, 0.4) is 0 Å². The number of tetrazole rings is 1. The molecule has 0 bridgehead atoms. The number of H-pyrrole nitrogens is 1. The Morgan fingerprint density at radius 3 is 2.93 bits per heavy atom. The fraction of sp³-hybridized carbons (Fsp3) is 0.222. The van der Waals surface area contributed by atoms with Gasteiger partial charge < -0.3 is 4.74 Å². The molecule has 1 heterocycles. The third kappa shape index (κ3) is 2.09. The lowest BCUT2D eigenvalue weighted by molar-refractivity contribution is 0.386. The van der Waals surface area contributed by atoms with Crippen molar-refractivity contribution in [1.29, 1.82) is 0 Å². The molecule has 0 fully saturated rings. The summed E-state index contributed by atoms with van der Waals surface area (Å²) in [4.78, 5) is 0. The van der Waals surface area contributed by atoms with Gasteiger partial charge in [0.15, 0.2) is 17.4 Å². The number of benzene rings is 1. The summed E-state index contributed by atoms with van der Waals surface area (Å²) in [6.45, 7) is 0. The van der Waals surface area contributed by atoms with Crippen molar-refractivity contribution in [3.8, 4) is 5.75 Å². The van der Waals surface area contributed by atoms with E-state index in [0.717, 1.165) is 5.56 Å². The van der Waals surface area contributed by atoms with Crippen molar-refractivity contribution in [2.24, 2.45) is 0 Å². The summed E-state index contributed by atoms with van der Waals surface area (Å²) in [5.41, 5.74) is 0.773. The van der Waals surface area contributed by atoms with E-state index in [1.165, 1.54) is 13.2 Å². The number of aromatic nitrogens is 4. The lowest BCUT2D eigenvalue weighted by Gasteiger charge is -2.02. The van der Waals surface area contributed by atoms with Crippen LogP contribution in [0.5, 0.6) is 5.75 Å². The zero-order valence-corrected chi connectivity index (χ0v) is 8.07. The zero-order valence-electron chi connectivity index (χ0n) is 8.07. The van der Waals surface area contributed by atoms with Crippen molar-refractivity contribution in [2.75, 3.05) is 7.11 Å². The first kappa shape index (κ1) is 9.57. The monoisotopic (exact) mass is 208 g/mol.